The van der Waals surface area contributed by atoms with E-state index in [1.165, 1.54) is 23.1 Å². The first-order valence-electron chi connectivity index (χ1n) is 6.33. The number of hydrogen-bond acceptors (Lipinski definition) is 4. The Bertz CT molecular complexity index is 382. The quantitative estimate of drug-likeness (QED) is 0.453. The van der Waals surface area contributed by atoms with Gasteiger partial charge in [-0.3, -0.25) is 11.3 Å². The van der Waals surface area contributed by atoms with Crippen LogP contribution in [-0.2, 0) is 0 Å². The average Bonchev–Trinajstić information content (AvgIpc) is 2.35. The van der Waals surface area contributed by atoms with Crippen molar-refractivity contribution in [3.63, 3.8) is 0 Å². The van der Waals surface area contributed by atoms with Crippen LogP contribution in [0.4, 0.5) is 0 Å². The van der Waals surface area contributed by atoms with Crippen molar-refractivity contribution in [2.75, 3.05) is 18.6 Å². The van der Waals surface area contributed by atoms with Crippen LogP contribution in [0.15, 0.2) is 12.1 Å². The monoisotopic (exact) mass is 268 g/mol. The number of nitrogens with one attached hydrogen (secondary N) is 1. The van der Waals surface area contributed by atoms with Crippen LogP contribution in [-0.4, -0.2) is 18.6 Å². The van der Waals surface area contributed by atoms with E-state index in [1.807, 2.05) is 11.8 Å². The number of nitrogens with two attached hydrogens (primary N) is 1. The van der Waals surface area contributed by atoms with E-state index in [-0.39, 0.29) is 6.04 Å². The number of methoxy groups -OCH3 is 1. The molecule has 1 unspecified atom stereocenters. The van der Waals surface area contributed by atoms with Gasteiger partial charge in [-0.25, -0.2) is 0 Å². The van der Waals surface area contributed by atoms with Crippen molar-refractivity contribution in [2.24, 2.45) is 5.84 Å². The molecule has 1 atom stereocenters. The largest absolute Gasteiger partial charge is 0.496 e. The number of aryl methyl sites for hydroxylation is 2. The Hall–Kier alpha value is -0.710. The summed E-state index contributed by atoms with van der Waals surface area (Å²) in [5, 5.41) is 0. The van der Waals surface area contributed by atoms with E-state index in [9.17, 15) is 0 Å². The van der Waals surface area contributed by atoms with Gasteiger partial charge in [-0.2, -0.15) is 11.8 Å². The summed E-state index contributed by atoms with van der Waals surface area (Å²) in [5.41, 5.74) is 6.53. The number of ether oxygens (including phenoxy) is 1. The second kappa shape index (κ2) is 7.67. The van der Waals surface area contributed by atoms with Crippen LogP contribution in [0.3, 0.4) is 0 Å². The van der Waals surface area contributed by atoms with E-state index in [4.69, 9.17) is 10.6 Å². The van der Waals surface area contributed by atoms with Gasteiger partial charge < -0.3 is 4.74 Å². The maximum atomic E-state index is 5.70. The number of hydrazine groups is 1. The molecule has 0 radical (unpaired) electrons. The molecule has 0 aromatic heterocycles. The second-order valence-electron chi connectivity index (χ2n) is 4.49. The smallest absolute Gasteiger partial charge is 0.124 e. The Balaban J connectivity index is 2.96. The molecule has 0 aliphatic rings. The molecule has 0 fully saturated rings. The predicted octanol–water partition coefficient (Wildman–Crippen LogP) is 2.96. The van der Waals surface area contributed by atoms with E-state index >= 15 is 0 Å². The van der Waals surface area contributed by atoms with Gasteiger partial charge >= 0.3 is 0 Å². The maximum absolute atomic E-state index is 5.70. The van der Waals surface area contributed by atoms with E-state index in [0.717, 1.165) is 17.3 Å². The fourth-order valence-electron chi connectivity index (χ4n) is 2.12. The zero-order valence-electron chi connectivity index (χ0n) is 11.7. The van der Waals surface area contributed by atoms with Crippen LogP contribution < -0.4 is 16.0 Å². The number of thioether (sulfide) groups is 1. The molecule has 0 amide bonds. The summed E-state index contributed by atoms with van der Waals surface area (Å²) in [6.45, 7) is 6.38. The van der Waals surface area contributed by atoms with Crippen molar-refractivity contribution in [3.05, 3.63) is 28.8 Å². The summed E-state index contributed by atoms with van der Waals surface area (Å²) in [7, 11) is 1.71. The van der Waals surface area contributed by atoms with Gasteiger partial charge in [-0.1, -0.05) is 13.0 Å². The molecule has 102 valence electrons. The highest BCUT2D eigenvalue weighted by Crippen LogP contribution is 2.31. The minimum atomic E-state index is 0.136. The first kappa shape index (κ1) is 15.3. The van der Waals surface area contributed by atoms with Gasteiger partial charge in [0.1, 0.15) is 5.75 Å². The lowest BCUT2D eigenvalue weighted by Gasteiger charge is -2.21. The Labute approximate surface area is 114 Å². The van der Waals surface area contributed by atoms with Crippen LogP contribution in [0.1, 0.15) is 36.1 Å². The molecule has 0 saturated carbocycles. The van der Waals surface area contributed by atoms with Crippen molar-refractivity contribution in [1.82, 2.24) is 5.43 Å². The van der Waals surface area contributed by atoms with E-state index in [2.05, 4.69) is 38.3 Å². The first-order valence-corrected chi connectivity index (χ1v) is 7.48. The highest BCUT2D eigenvalue weighted by atomic mass is 32.2. The van der Waals surface area contributed by atoms with Crippen LogP contribution in [0, 0.1) is 13.8 Å². The van der Waals surface area contributed by atoms with Crippen molar-refractivity contribution in [1.29, 1.82) is 0 Å². The molecule has 1 aromatic rings. The van der Waals surface area contributed by atoms with Crippen LogP contribution >= 0.6 is 11.8 Å². The molecule has 3 nitrogen and oxygen atoms in total. The van der Waals surface area contributed by atoms with Gasteiger partial charge in [0.2, 0.25) is 0 Å². The Morgan fingerprint density at radius 1 is 1.39 bits per heavy atom. The van der Waals surface area contributed by atoms with Gasteiger partial charge in [-0.05, 0) is 43.2 Å². The molecular formula is C14H24N2OS. The lowest BCUT2D eigenvalue weighted by Crippen LogP contribution is -2.30. The first-order chi connectivity index (χ1) is 8.63. The Morgan fingerprint density at radius 3 is 2.67 bits per heavy atom. The summed E-state index contributed by atoms with van der Waals surface area (Å²) in [4.78, 5) is 0. The van der Waals surface area contributed by atoms with Gasteiger partial charge in [0.15, 0.2) is 0 Å². The van der Waals surface area contributed by atoms with Gasteiger partial charge in [-0.15, -0.1) is 0 Å². The van der Waals surface area contributed by atoms with Crippen molar-refractivity contribution in [2.45, 2.75) is 33.2 Å². The SMILES string of the molecule is CCCSCC(NN)c1c(C)cc(C)cc1OC. The van der Waals surface area contributed by atoms with Crippen LogP contribution in [0.5, 0.6) is 5.75 Å². The van der Waals surface area contributed by atoms with E-state index < -0.39 is 0 Å². The van der Waals surface area contributed by atoms with Gasteiger partial charge in [0, 0.05) is 11.3 Å². The fourth-order valence-corrected chi connectivity index (χ4v) is 3.07. The van der Waals surface area contributed by atoms with E-state index in [0.29, 0.717) is 0 Å². The van der Waals surface area contributed by atoms with Gasteiger partial charge in [0.25, 0.3) is 0 Å². The number of hydrogen-bond donors (Lipinski definition) is 2. The number of rotatable bonds is 7. The fraction of sp³-hybridized carbons (Fsp3) is 0.571. The zero-order valence-corrected chi connectivity index (χ0v) is 12.6. The number of benzene rings is 1. The second-order valence-corrected chi connectivity index (χ2v) is 5.64. The molecule has 1 aromatic carbocycles. The molecule has 18 heavy (non-hydrogen) atoms. The molecule has 0 aliphatic carbocycles. The van der Waals surface area contributed by atoms with Crippen molar-refractivity contribution in [3.8, 4) is 5.75 Å². The third kappa shape index (κ3) is 3.90. The van der Waals surface area contributed by atoms with Crippen molar-refractivity contribution < 1.29 is 4.74 Å². The standard InChI is InChI=1S/C14H24N2OS/c1-5-6-18-9-12(16-15)14-11(3)7-10(2)8-13(14)17-4/h7-8,12,16H,5-6,9,15H2,1-4H3. The Kier molecular flexibility index (Phi) is 6.54. The molecule has 4 heteroatoms. The zero-order chi connectivity index (χ0) is 13.5. The van der Waals surface area contributed by atoms with Crippen LogP contribution in [0.25, 0.3) is 0 Å². The summed E-state index contributed by atoms with van der Waals surface area (Å²) >= 11 is 1.91. The van der Waals surface area contributed by atoms with Crippen molar-refractivity contribution >= 4 is 11.8 Å². The third-order valence-electron chi connectivity index (χ3n) is 2.90. The lowest BCUT2D eigenvalue weighted by atomic mass is 9.99. The lowest BCUT2D eigenvalue weighted by molar-refractivity contribution is 0.402. The minimum Gasteiger partial charge on any atom is -0.496 e. The summed E-state index contributed by atoms with van der Waals surface area (Å²) in [5.74, 6) is 8.74. The molecule has 0 aliphatic heterocycles. The molecule has 3 N–H and O–H groups in total. The van der Waals surface area contributed by atoms with Crippen LogP contribution in [0.2, 0.25) is 0 Å². The molecule has 1 rings (SSSR count). The summed E-state index contributed by atoms with van der Waals surface area (Å²) < 4.78 is 5.49. The normalized spacial score (nSPS) is 12.5. The third-order valence-corrected chi connectivity index (χ3v) is 4.16. The molecule has 0 spiro atoms. The van der Waals surface area contributed by atoms with Gasteiger partial charge in [0.05, 0.1) is 13.2 Å². The minimum absolute atomic E-state index is 0.136. The topological polar surface area (TPSA) is 47.3 Å². The average molecular weight is 268 g/mol. The molecular weight excluding hydrogens is 244 g/mol. The summed E-state index contributed by atoms with van der Waals surface area (Å²) in [6, 6.07) is 4.38. The Morgan fingerprint density at radius 2 is 2.11 bits per heavy atom. The highest BCUT2D eigenvalue weighted by Gasteiger charge is 2.17. The predicted molar refractivity (Wildman–Crippen MR) is 80.1 cm³/mol. The maximum Gasteiger partial charge on any atom is 0.124 e. The summed E-state index contributed by atoms with van der Waals surface area (Å²) in [6.07, 6.45) is 1.19. The molecule has 0 heterocycles. The molecule has 0 saturated heterocycles. The van der Waals surface area contributed by atoms with E-state index in [1.54, 1.807) is 7.11 Å². The molecule has 0 bridgehead atoms. The highest BCUT2D eigenvalue weighted by molar-refractivity contribution is 7.99.